The normalized spacial score (nSPS) is 19.9. The SMILES string of the molecule is CCC(N[C@H](C)C1CCCC1)c1cccc(Cl)c1. The molecule has 1 saturated carbocycles. The van der Waals surface area contributed by atoms with E-state index in [1.807, 2.05) is 12.1 Å². The Balaban J connectivity index is 2.00. The Kier molecular flexibility index (Phi) is 5.08. The molecule has 0 aliphatic heterocycles. The van der Waals surface area contributed by atoms with Gasteiger partial charge in [0.1, 0.15) is 0 Å². The smallest absolute Gasteiger partial charge is 0.0409 e. The van der Waals surface area contributed by atoms with Crippen molar-refractivity contribution in [2.75, 3.05) is 0 Å². The summed E-state index contributed by atoms with van der Waals surface area (Å²) in [6, 6.07) is 9.29. The van der Waals surface area contributed by atoms with Gasteiger partial charge in [-0.3, -0.25) is 0 Å². The number of hydrogen-bond donors (Lipinski definition) is 1. The van der Waals surface area contributed by atoms with Crippen LogP contribution in [0.3, 0.4) is 0 Å². The number of halogens is 1. The highest BCUT2D eigenvalue weighted by molar-refractivity contribution is 6.30. The molecule has 1 fully saturated rings. The van der Waals surface area contributed by atoms with E-state index in [2.05, 4.69) is 31.3 Å². The molecule has 1 aliphatic carbocycles. The second-order valence-corrected chi connectivity index (χ2v) is 5.95. The second kappa shape index (κ2) is 6.58. The van der Waals surface area contributed by atoms with Crippen molar-refractivity contribution in [2.24, 2.45) is 5.92 Å². The van der Waals surface area contributed by atoms with E-state index in [9.17, 15) is 0 Å². The quantitative estimate of drug-likeness (QED) is 0.793. The lowest BCUT2D eigenvalue weighted by molar-refractivity contribution is 0.339. The molecule has 2 heteroatoms. The monoisotopic (exact) mass is 265 g/mol. The van der Waals surface area contributed by atoms with Gasteiger partial charge in [0, 0.05) is 17.1 Å². The molecule has 1 aromatic carbocycles. The summed E-state index contributed by atoms with van der Waals surface area (Å²) in [5.74, 6) is 0.859. The van der Waals surface area contributed by atoms with Gasteiger partial charge in [-0.1, -0.05) is 43.5 Å². The molecule has 0 heterocycles. The fourth-order valence-electron chi connectivity index (χ4n) is 3.08. The van der Waals surface area contributed by atoms with Gasteiger partial charge in [0.05, 0.1) is 0 Å². The second-order valence-electron chi connectivity index (χ2n) is 5.52. The van der Waals surface area contributed by atoms with Crippen LogP contribution in [-0.4, -0.2) is 6.04 Å². The summed E-state index contributed by atoms with van der Waals surface area (Å²) in [6.07, 6.45) is 6.70. The minimum atomic E-state index is 0.430. The van der Waals surface area contributed by atoms with Gasteiger partial charge >= 0.3 is 0 Å². The van der Waals surface area contributed by atoms with E-state index < -0.39 is 0 Å². The third-order valence-corrected chi connectivity index (χ3v) is 4.47. The Hall–Kier alpha value is -0.530. The van der Waals surface area contributed by atoms with Crippen molar-refractivity contribution in [3.63, 3.8) is 0 Å². The lowest BCUT2D eigenvalue weighted by Crippen LogP contribution is -2.35. The minimum Gasteiger partial charge on any atom is -0.307 e. The lowest BCUT2D eigenvalue weighted by atomic mass is 9.96. The standard InChI is InChI=1S/C16H24ClN/c1-3-16(14-9-6-10-15(17)11-14)18-12(2)13-7-4-5-8-13/h6,9-13,16,18H,3-5,7-8H2,1-2H3/t12-,16?/m1/s1. The van der Waals surface area contributed by atoms with Crippen LogP contribution in [0.25, 0.3) is 0 Å². The highest BCUT2D eigenvalue weighted by Gasteiger charge is 2.23. The predicted molar refractivity (Wildman–Crippen MR) is 79.0 cm³/mol. The fourth-order valence-corrected chi connectivity index (χ4v) is 3.28. The van der Waals surface area contributed by atoms with E-state index in [0.29, 0.717) is 12.1 Å². The molecule has 1 nitrogen and oxygen atoms in total. The van der Waals surface area contributed by atoms with Gasteiger partial charge in [-0.2, -0.15) is 0 Å². The van der Waals surface area contributed by atoms with Gasteiger partial charge in [0.15, 0.2) is 0 Å². The molecule has 2 atom stereocenters. The van der Waals surface area contributed by atoms with Gasteiger partial charge in [0.25, 0.3) is 0 Å². The van der Waals surface area contributed by atoms with Crippen LogP contribution in [0.5, 0.6) is 0 Å². The molecule has 1 unspecified atom stereocenters. The van der Waals surface area contributed by atoms with Crippen LogP contribution >= 0.6 is 11.6 Å². The number of nitrogens with one attached hydrogen (secondary N) is 1. The van der Waals surface area contributed by atoms with Crippen molar-refractivity contribution >= 4 is 11.6 Å². The van der Waals surface area contributed by atoms with Crippen molar-refractivity contribution < 1.29 is 0 Å². The molecular formula is C16H24ClN. The molecule has 2 rings (SSSR count). The Morgan fingerprint density at radius 1 is 1.33 bits per heavy atom. The largest absolute Gasteiger partial charge is 0.307 e. The number of benzene rings is 1. The first-order valence-corrected chi connectivity index (χ1v) is 7.60. The summed E-state index contributed by atoms with van der Waals surface area (Å²) in [6.45, 7) is 4.57. The Bertz CT molecular complexity index is 371. The van der Waals surface area contributed by atoms with Crippen molar-refractivity contribution in [3.8, 4) is 0 Å². The molecule has 18 heavy (non-hydrogen) atoms. The topological polar surface area (TPSA) is 12.0 Å². The average Bonchev–Trinajstić information content (AvgIpc) is 2.89. The van der Waals surface area contributed by atoms with Crippen molar-refractivity contribution in [3.05, 3.63) is 34.9 Å². The summed E-state index contributed by atoms with van der Waals surface area (Å²) in [5.41, 5.74) is 1.31. The zero-order valence-corrected chi connectivity index (χ0v) is 12.2. The van der Waals surface area contributed by atoms with E-state index in [-0.39, 0.29) is 0 Å². The van der Waals surface area contributed by atoms with E-state index >= 15 is 0 Å². The maximum atomic E-state index is 6.08. The summed E-state index contributed by atoms with van der Waals surface area (Å²) >= 11 is 6.08. The molecule has 1 N–H and O–H groups in total. The Morgan fingerprint density at radius 3 is 2.67 bits per heavy atom. The summed E-state index contributed by atoms with van der Waals surface area (Å²) < 4.78 is 0. The van der Waals surface area contributed by atoms with E-state index in [1.165, 1.54) is 31.2 Å². The van der Waals surface area contributed by atoms with Gasteiger partial charge in [-0.25, -0.2) is 0 Å². The van der Waals surface area contributed by atoms with Crippen LogP contribution in [0.4, 0.5) is 0 Å². The average molecular weight is 266 g/mol. The number of rotatable bonds is 5. The van der Waals surface area contributed by atoms with E-state index in [0.717, 1.165) is 17.4 Å². The molecule has 0 saturated heterocycles. The molecule has 1 aromatic rings. The molecule has 0 amide bonds. The first-order valence-electron chi connectivity index (χ1n) is 7.22. The van der Waals surface area contributed by atoms with Gasteiger partial charge in [-0.15, -0.1) is 0 Å². The molecule has 0 spiro atoms. The lowest BCUT2D eigenvalue weighted by Gasteiger charge is -2.27. The first kappa shape index (κ1) is 13.9. The van der Waals surface area contributed by atoms with E-state index in [1.54, 1.807) is 0 Å². The van der Waals surface area contributed by atoms with Crippen LogP contribution in [0.2, 0.25) is 5.02 Å². The molecule has 100 valence electrons. The minimum absolute atomic E-state index is 0.430. The highest BCUT2D eigenvalue weighted by Crippen LogP contribution is 2.29. The summed E-state index contributed by atoms with van der Waals surface area (Å²) in [5, 5.41) is 4.63. The fraction of sp³-hybridized carbons (Fsp3) is 0.625. The van der Waals surface area contributed by atoms with Crippen LogP contribution in [-0.2, 0) is 0 Å². The third kappa shape index (κ3) is 3.49. The van der Waals surface area contributed by atoms with Gasteiger partial charge < -0.3 is 5.32 Å². The Morgan fingerprint density at radius 2 is 2.06 bits per heavy atom. The zero-order valence-electron chi connectivity index (χ0n) is 11.5. The van der Waals surface area contributed by atoms with E-state index in [4.69, 9.17) is 11.6 Å². The van der Waals surface area contributed by atoms with Crippen molar-refractivity contribution in [1.82, 2.24) is 5.32 Å². The van der Waals surface area contributed by atoms with Gasteiger partial charge in [0.2, 0.25) is 0 Å². The van der Waals surface area contributed by atoms with Crippen LogP contribution in [0.15, 0.2) is 24.3 Å². The van der Waals surface area contributed by atoms with Crippen molar-refractivity contribution in [2.45, 2.75) is 58.0 Å². The zero-order chi connectivity index (χ0) is 13.0. The maximum Gasteiger partial charge on any atom is 0.0409 e. The van der Waals surface area contributed by atoms with Crippen LogP contribution < -0.4 is 5.32 Å². The maximum absolute atomic E-state index is 6.08. The van der Waals surface area contributed by atoms with Crippen LogP contribution in [0.1, 0.15) is 57.6 Å². The molecule has 1 aliphatic rings. The summed E-state index contributed by atoms with van der Waals surface area (Å²) in [4.78, 5) is 0. The molecule has 0 radical (unpaired) electrons. The number of hydrogen-bond acceptors (Lipinski definition) is 1. The van der Waals surface area contributed by atoms with Gasteiger partial charge in [-0.05, 0) is 49.8 Å². The predicted octanol–water partition coefficient (Wildman–Crippen LogP) is 4.96. The molecular weight excluding hydrogens is 242 g/mol. The highest BCUT2D eigenvalue weighted by atomic mass is 35.5. The summed E-state index contributed by atoms with van der Waals surface area (Å²) in [7, 11) is 0. The first-order chi connectivity index (χ1) is 8.70. The molecule has 0 bridgehead atoms. The van der Waals surface area contributed by atoms with Crippen molar-refractivity contribution in [1.29, 1.82) is 0 Å². The Labute approximate surface area is 116 Å². The van der Waals surface area contributed by atoms with Crippen LogP contribution in [0, 0.1) is 5.92 Å². The third-order valence-electron chi connectivity index (χ3n) is 4.23. The molecule has 0 aromatic heterocycles.